The Morgan fingerprint density at radius 3 is 2.67 bits per heavy atom. The van der Waals surface area contributed by atoms with E-state index in [1.54, 1.807) is 6.92 Å². The first-order valence-corrected chi connectivity index (χ1v) is 3.09. The number of hydrogen-bond acceptors (Lipinski definition) is 3. The van der Waals surface area contributed by atoms with Gasteiger partial charge < -0.3 is 4.74 Å². The Morgan fingerprint density at radius 2 is 2.33 bits per heavy atom. The van der Waals surface area contributed by atoms with Gasteiger partial charge in [-0.2, -0.15) is 0 Å². The number of carbonyl (C=O) groups is 1. The van der Waals surface area contributed by atoms with Gasteiger partial charge >= 0.3 is 5.97 Å². The van der Waals surface area contributed by atoms with Crippen molar-refractivity contribution in [2.45, 2.75) is 6.92 Å². The van der Waals surface area contributed by atoms with Crippen molar-refractivity contribution in [3.05, 3.63) is 4.48 Å². The second-order valence-electron chi connectivity index (χ2n) is 1.14. The molecule has 0 bridgehead atoms. The van der Waals surface area contributed by atoms with Crippen LogP contribution in [0.3, 0.4) is 0 Å². The Kier molecular flexibility index (Phi) is 4.01. The van der Waals surface area contributed by atoms with Gasteiger partial charge in [0.25, 0.3) is 0 Å². The molecule has 0 saturated heterocycles. The molecule has 0 unspecified atom stereocenters. The van der Waals surface area contributed by atoms with Crippen molar-refractivity contribution in [2.75, 3.05) is 6.61 Å². The van der Waals surface area contributed by atoms with Crippen LogP contribution >= 0.6 is 15.9 Å². The molecular weight excluding hydrogens is 188 g/mol. The highest BCUT2D eigenvalue weighted by Gasteiger charge is 2.05. The highest BCUT2D eigenvalue weighted by Crippen LogP contribution is 2.00. The third-order valence-corrected chi connectivity index (χ3v) is 1.03. The van der Waals surface area contributed by atoms with Crippen molar-refractivity contribution in [2.24, 2.45) is 0 Å². The predicted molar refractivity (Wildman–Crippen MR) is 34.8 cm³/mol. The molecule has 0 atom stereocenters. The minimum atomic E-state index is -0.674. The molecule has 0 amide bonds. The van der Waals surface area contributed by atoms with E-state index in [0.717, 1.165) is 0 Å². The van der Waals surface area contributed by atoms with Crippen LogP contribution < -0.4 is 0 Å². The Hall–Kier alpha value is -0.600. The predicted octanol–water partition coefficient (Wildman–Crippen LogP) is 0.660. The van der Waals surface area contributed by atoms with Crippen LogP contribution in [0.4, 0.5) is 0 Å². The van der Waals surface area contributed by atoms with Gasteiger partial charge in [-0.15, -0.1) is 0 Å². The largest absolute Gasteiger partial charge is 0.461 e. The summed E-state index contributed by atoms with van der Waals surface area (Å²) in [6.07, 6.45) is 0. The van der Waals surface area contributed by atoms with Gasteiger partial charge in [0.2, 0.25) is 0 Å². The number of carbonyl (C=O) groups excluding carboxylic acids is 2. The summed E-state index contributed by atoms with van der Waals surface area (Å²) in [6.45, 7) is 1.92. The van der Waals surface area contributed by atoms with Crippen LogP contribution in [-0.4, -0.2) is 18.5 Å². The van der Waals surface area contributed by atoms with Gasteiger partial charge in [0.15, 0.2) is 4.48 Å². The van der Waals surface area contributed by atoms with Gasteiger partial charge in [-0.3, -0.25) is 0 Å². The smallest absolute Gasteiger partial charge is 0.356 e. The standard InChI is InChI=1S/C5H5BrO3/c1-2-9-5(8)4(6)3-7/h2H2,1H3. The molecule has 0 aromatic rings. The average Bonchev–Trinajstić information content (AvgIpc) is 1.87. The molecule has 0 spiro atoms. The summed E-state index contributed by atoms with van der Waals surface area (Å²) in [5.41, 5.74) is 0. The van der Waals surface area contributed by atoms with Crippen LogP contribution in [0, 0.1) is 0 Å². The Morgan fingerprint density at radius 1 is 1.78 bits per heavy atom. The van der Waals surface area contributed by atoms with Gasteiger partial charge in [0.05, 0.1) is 6.61 Å². The number of esters is 1. The zero-order valence-electron chi connectivity index (χ0n) is 4.81. The van der Waals surface area contributed by atoms with E-state index in [1.165, 1.54) is 5.94 Å². The zero-order chi connectivity index (χ0) is 7.28. The van der Waals surface area contributed by atoms with Crippen LogP contribution in [0.2, 0.25) is 0 Å². The van der Waals surface area contributed by atoms with E-state index in [0.29, 0.717) is 0 Å². The van der Waals surface area contributed by atoms with Crippen molar-refractivity contribution in [1.82, 2.24) is 0 Å². The fraction of sp³-hybridized carbons (Fsp3) is 0.400. The van der Waals surface area contributed by atoms with E-state index >= 15 is 0 Å². The first-order valence-electron chi connectivity index (χ1n) is 2.30. The molecule has 50 valence electrons. The van der Waals surface area contributed by atoms with Gasteiger partial charge in [0.1, 0.15) is 5.94 Å². The molecule has 0 rings (SSSR count). The maximum absolute atomic E-state index is 10.4. The summed E-state index contributed by atoms with van der Waals surface area (Å²) in [7, 11) is 0. The summed E-state index contributed by atoms with van der Waals surface area (Å²) < 4.78 is 4.20. The summed E-state index contributed by atoms with van der Waals surface area (Å²) in [5.74, 6) is 0.685. The van der Waals surface area contributed by atoms with Crippen LogP contribution in [-0.2, 0) is 14.3 Å². The number of ether oxygens (including phenoxy) is 1. The molecule has 4 heteroatoms. The van der Waals surface area contributed by atoms with E-state index in [4.69, 9.17) is 0 Å². The Bertz CT molecular complexity index is 158. The fourth-order valence-corrected chi connectivity index (χ4v) is 0.351. The second kappa shape index (κ2) is 4.30. The molecule has 0 aliphatic carbocycles. The van der Waals surface area contributed by atoms with Gasteiger partial charge in [-0.25, -0.2) is 9.59 Å². The second-order valence-corrected chi connectivity index (χ2v) is 1.93. The van der Waals surface area contributed by atoms with Crippen LogP contribution in [0.15, 0.2) is 4.48 Å². The number of halogens is 1. The number of hydrogen-bond donors (Lipinski definition) is 0. The molecule has 0 aromatic carbocycles. The lowest BCUT2D eigenvalue weighted by molar-refractivity contribution is -0.137. The minimum Gasteiger partial charge on any atom is -0.461 e. The monoisotopic (exact) mass is 192 g/mol. The molecule has 0 saturated carbocycles. The molecular formula is C5H5BrO3. The van der Waals surface area contributed by atoms with Gasteiger partial charge in [-0.1, -0.05) is 0 Å². The third kappa shape index (κ3) is 3.06. The zero-order valence-corrected chi connectivity index (χ0v) is 6.40. The van der Waals surface area contributed by atoms with E-state index in [-0.39, 0.29) is 11.1 Å². The van der Waals surface area contributed by atoms with E-state index in [2.05, 4.69) is 20.7 Å². The first kappa shape index (κ1) is 8.40. The molecule has 0 radical (unpaired) electrons. The summed E-state index contributed by atoms with van der Waals surface area (Å²) in [4.78, 5) is 20.1. The quantitative estimate of drug-likeness (QED) is 0.367. The van der Waals surface area contributed by atoms with Gasteiger partial charge in [0, 0.05) is 0 Å². The third-order valence-electron chi connectivity index (χ3n) is 0.544. The van der Waals surface area contributed by atoms with Crippen molar-refractivity contribution in [3.8, 4) is 0 Å². The van der Waals surface area contributed by atoms with E-state index < -0.39 is 5.97 Å². The van der Waals surface area contributed by atoms with Gasteiger partial charge in [-0.05, 0) is 22.9 Å². The lowest BCUT2D eigenvalue weighted by Crippen LogP contribution is -2.03. The Balaban J connectivity index is 3.89. The molecule has 3 nitrogen and oxygen atoms in total. The molecule has 0 aliphatic heterocycles. The van der Waals surface area contributed by atoms with Crippen molar-refractivity contribution < 1.29 is 14.3 Å². The molecule has 0 heterocycles. The van der Waals surface area contributed by atoms with Crippen LogP contribution in [0.25, 0.3) is 0 Å². The highest BCUT2D eigenvalue weighted by atomic mass is 79.9. The van der Waals surface area contributed by atoms with Crippen molar-refractivity contribution >= 4 is 27.8 Å². The highest BCUT2D eigenvalue weighted by molar-refractivity contribution is 9.12. The molecule has 9 heavy (non-hydrogen) atoms. The SMILES string of the molecule is CCOC(=O)C(Br)=C=O. The maximum atomic E-state index is 10.4. The fourth-order valence-electron chi connectivity index (χ4n) is 0.236. The van der Waals surface area contributed by atoms with E-state index in [9.17, 15) is 9.59 Å². The van der Waals surface area contributed by atoms with Crippen molar-refractivity contribution in [1.29, 1.82) is 0 Å². The number of rotatable bonds is 2. The molecule has 0 fully saturated rings. The van der Waals surface area contributed by atoms with Crippen LogP contribution in [0.5, 0.6) is 0 Å². The van der Waals surface area contributed by atoms with Crippen molar-refractivity contribution in [3.63, 3.8) is 0 Å². The lowest BCUT2D eigenvalue weighted by Gasteiger charge is -1.93. The molecule has 0 N–H and O–H groups in total. The first-order chi connectivity index (χ1) is 4.22. The van der Waals surface area contributed by atoms with Crippen LogP contribution in [0.1, 0.15) is 6.92 Å². The lowest BCUT2D eigenvalue weighted by atomic mass is 10.6. The maximum Gasteiger partial charge on any atom is 0.356 e. The topological polar surface area (TPSA) is 43.4 Å². The minimum absolute atomic E-state index is 0.204. The summed E-state index contributed by atoms with van der Waals surface area (Å²) >= 11 is 2.66. The molecule has 0 aromatic heterocycles. The normalized spacial score (nSPS) is 7.78. The summed E-state index contributed by atoms with van der Waals surface area (Å²) in [5, 5.41) is 0. The molecule has 0 aliphatic rings. The summed E-state index contributed by atoms with van der Waals surface area (Å²) in [6, 6.07) is 0. The van der Waals surface area contributed by atoms with E-state index in [1.807, 2.05) is 0 Å². The Labute approximate surface area is 60.8 Å². The average molecular weight is 193 g/mol.